The SMILES string of the molecule is CN1CCN(CCCNCc2cc(F)c(O)c(F)c2)CC1. The van der Waals surface area contributed by atoms with E-state index in [9.17, 15) is 8.78 Å². The zero-order valence-electron chi connectivity index (χ0n) is 12.4. The zero-order valence-corrected chi connectivity index (χ0v) is 12.4. The fraction of sp³-hybridized carbons (Fsp3) is 0.600. The van der Waals surface area contributed by atoms with E-state index in [2.05, 4.69) is 22.2 Å². The second-order valence-electron chi connectivity index (χ2n) is 5.58. The number of aromatic hydroxyl groups is 1. The van der Waals surface area contributed by atoms with Crippen LogP contribution in [0.5, 0.6) is 5.75 Å². The van der Waals surface area contributed by atoms with Crippen molar-refractivity contribution >= 4 is 0 Å². The molecule has 21 heavy (non-hydrogen) atoms. The molecule has 0 atom stereocenters. The third-order valence-corrected chi connectivity index (χ3v) is 3.83. The number of halogens is 2. The Bertz CT molecular complexity index is 439. The standard InChI is InChI=1S/C15H23F2N3O/c1-19-5-7-20(8-6-19)4-2-3-18-11-12-9-13(16)15(21)14(17)10-12/h9-10,18,21H,2-8,11H2,1H3. The van der Waals surface area contributed by atoms with Gasteiger partial charge in [-0.05, 0) is 44.3 Å². The summed E-state index contributed by atoms with van der Waals surface area (Å²) in [5.74, 6) is -2.73. The van der Waals surface area contributed by atoms with Crippen LogP contribution in [0.1, 0.15) is 12.0 Å². The highest BCUT2D eigenvalue weighted by Gasteiger charge is 2.13. The molecule has 118 valence electrons. The minimum Gasteiger partial charge on any atom is -0.503 e. The lowest BCUT2D eigenvalue weighted by atomic mass is 10.2. The van der Waals surface area contributed by atoms with Gasteiger partial charge in [0.15, 0.2) is 17.4 Å². The van der Waals surface area contributed by atoms with Gasteiger partial charge in [0.1, 0.15) is 0 Å². The van der Waals surface area contributed by atoms with E-state index in [0.29, 0.717) is 12.1 Å². The molecule has 6 heteroatoms. The van der Waals surface area contributed by atoms with Crippen LogP contribution in [0.4, 0.5) is 8.78 Å². The predicted octanol–water partition coefficient (Wildman–Crippen LogP) is 1.40. The summed E-state index contributed by atoms with van der Waals surface area (Å²) in [6.45, 7) is 6.67. The van der Waals surface area contributed by atoms with Gasteiger partial charge in [0.2, 0.25) is 0 Å². The quantitative estimate of drug-likeness (QED) is 0.779. The lowest BCUT2D eigenvalue weighted by molar-refractivity contribution is 0.152. The van der Waals surface area contributed by atoms with E-state index in [-0.39, 0.29) is 0 Å². The molecule has 4 nitrogen and oxygen atoms in total. The summed E-state index contributed by atoms with van der Waals surface area (Å²) >= 11 is 0. The van der Waals surface area contributed by atoms with E-state index < -0.39 is 17.4 Å². The van der Waals surface area contributed by atoms with E-state index in [1.54, 1.807) is 0 Å². The van der Waals surface area contributed by atoms with Crippen molar-refractivity contribution in [3.8, 4) is 5.75 Å². The van der Waals surface area contributed by atoms with Gasteiger partial charge in [-0.1, -0.05) is 0 Å². The molecular weight excluding hydrogens is 276 g/mol. The van der Waals surface area contributed by atoms with Gasteiger partial charge in [-0.3, -0.25) is 0 Å². The summed E-state index contributed by atoms with van der Waals surface area (Å²) in [6.07, 6.45) is 1.01. The zero-order chi connectivity index (χ0) is 15.2. The number of rotatable bonds is 6. The molecule has 1 heterocycles. The Morgan fingerprint density at radius 2 is 1.76 bits per heavy atom. The fourth-order valence-corrected chi connectivity index (χ4v) is 2.45. The molecular formula is C15H23F2N3O. The van der Waals surface area contributed by atoms with Gasteiger partial charge in [-0.2, -0.15) is 0 Å². The monoisotopic (exact) mass is 299 g/mol. The van der Waals surface area contributed by atoms with Crippen LogP contribution in [0.15, 0.2) is 12.1 Å². The van der Waals surface area contributed by atoms with Gasteiger partial charge < -0.3 is 20.2 Å². The summed E-state index contributed by atoms with van der Waals surface area (Å²) in [7, 11) is 2.13. The van der Waals surface area contributed by atoms with Crippen molar-refractivity contribution in [2.24, 2.45) is 0 Å². The summed E-state index contributed by atoms with van der Waals surface area (Å²) in [6, 6.07) is 2.32. The molecule has 2 rings (SSSR count). The number of phenolic OH excluding ortho intramolecular Hbond substituents is 1. The second kappa shape index (κ2) is 7.68. The molecule has 0 spiro atoms. The molecule has 0 aliphatic carbocycles. The topological polar surface area (TPSA) is 38.7 Å². The third kappa shape index (κ3) is 4.91. The smallest absolute Gasteiger partial charge is 0.187 e. The lowest BCUT2D eigenvalue weighted by Gasteiger charge is -2.32. The minimum absolute atomic E-state index is 0.400. The van der Waals surface area contributed by atoms with Crippen molar-refractivity contribution in [2.45, 2.75) is 13.0 Å². The van der Waals surface area contributed by atoms with Gasteiger partial charge in [-0.25, -0.2) is 8.78 Å². The highest BCUT2D eigenvalue weighted by Crippen LogP contribution is 2.21. The third-order valence-electron chi connectivity index (χ3n) is 3.83. The first-order valence-corrected chi connectivity index (χ1v) is 7.35. The number of nitrogens with zero attached hydrogens (tertiary/aromatic N) is 2. The van der Waals surface area contributed by atoms with Gasteiger partial charge in [0, 0.05) is 32.7 Å². The molecule has 1 aromatic rings. The van der Waals surface area contributed by atoms with Crippen LogP contribution in [0.2, 0.25) is 0 Å². The molecule has 0 bridgehead atoms. The van der Waals surface area contributed by atoms with E-state index in [1.165, 1.54) is 0 Å². The predicted molar refractivity (Wildman–Crippen MR) is 78.3 cm³/mol. The van der Waals surface area contributed by atoms with Gasteiger partial charge in [0.05, 0.1) is 0 Å². The molecule has 0 amide bonds. The first-order valence-electron chi connectivity index (χ1n) is 7.35. The summed E-state index contributed by atoms with van der Waals surface area (Å²) in [4.78, 5) is 4.75. The maximum Gasteiger partial charge on any atom is 0.187 e. The molecule has 1 aromatic carbocycles. The summed E-state index contributed by atoms with van der Waals surface area (Å²) < 4.78 is 26.3. The first kappa shape index (κ1) is 16.1. The van der Waals surface area contributed by atoms with E-state index in [1.807, 2.05) is 0 Å². The minimum atomic E-state index is -0.913. The van der Waals surface area contributed by atoms with Gasteiger partial charge >= 0.3 is 0 Å². The van der Waals surface area contributed by atoms with Crippen LogP contribution >= 0.6 is 0 Å². The van der Waals surface area contributed by atoms with E-state index >= 15 is 0 Å². The molecule has 1 aliphatic rings. The van der Waals surface area contributed by atoms with Crippen LogP contribution in [0.25, 0.3) is 0 Å². The number of phenols is 1. The fourth-order valence-electron chi connectivity index (χ4n) is 2.45. The largest absolute Gasteiger partial charge is 0.503 e. The highest BCUT2D eigenvalue weighted by atomic mass is 19.1. The molecule has 0 saturated carbocycles. The lowest BCUT2D eigenvalue weighted by Crippen LogP contribution is -2.45. The average molecular weight is 299 g/mol. The maximum atomic E-state index is 13.2. The molecule has 1 saturated heterocycles. The normalized spacial score (nSPS) is 17.3. The molecule has 0 radical (unpaired) electrons. The van der Waals surface area contributed by atoms with Crippen LogP contribution < -0.4 is 5.32 Å². The van der Waals surface area contributed by atoms with Gasteiger partial charge in [0.25, 0.3) is 0 Å². The van der Waals surface area contributed by atoms with Crippen molar-refractivity contribution < 1.29 is 13.9 Å². The Morgan fingerprint density at radius 3 is 2.38 bits per heavy atom. The molecule has 2 N–H and O–H groups in total. The summed E-state index contributed by atoms with van der Waals surface area (Å²) in [5, 5.41) is 12.2. The number of hydrogen-bond acceptors (Lipinski definition) is 4. The molecule has 1 aliphatic heterocycles. The van der Waals surface area contributed by atoms with Crippen molar-refractivity contribution in [3.63, 3.8) is 0 Å². The summed E-state index contributed by atoms with van der Waals surface area (Å²) in [5.41, 5.74) is 0.502. The Kier molecular flexibility index (Phi) is 5.90. The van der Waals surface area contributed by atoms with Crippen molar-refractivity contribution in [3.05, 3.63) is 29.3 Å². The Morgan fingerprint density at radius 1 is 1.14 bits per heavy atom. The van der Waals surface area contributed by atoms with Gasteiger partial charge in [-0.15, -0.1) is 0 Å². The first-order chi connectivity index (χ1) is 10.1. The average Bonchev–Trinajstić information content (AvgIpc) is 2.46. The molecule has 1 fully saturated rings. The number of nitrogens with one attached hydrogen (secondary N) is 1. The van der Waals surface area contributed by atoms with Crippen LogP contribution in [0, 0.1) is 11.6 Å². The van der Waals surface area contributed by atoms with Crippen LogP contribution in [0.3, 0.4) is 0 Å². The second-order valence-corrected chi connectivity index (χ2v) is 5.58. The number of likely N-dealkylation sites (N-methyl/N-ethyl adjacent to an activating group) is 1. The highest BCUT2D eigenvalue weighted by molar-refractivity contribution is 5.29. The van der Waals surface area contributed by atoms with E-state index in [0.717, 1.165) is 57.8 Å². The van der Waals surface area contributed by atoms with E-state index in [4.69, 9.17) is 5.11 Å². The number of piperazine rings is 1. The number of benzene rings is 1. The molecule has 0 aromatic heterocycles. The van der Waals surface area contributed by atoms with Crippen LogP contribution in [-0.2, 0) is 6.54 Å². The Balaban J connectivity index is 1.64. The van der Waals surface area contributed by atoms with Crippen molar-refractivity contribution in [1.29, 1.82) is 0 Å². The maximum absolute atomic E-state index is 13.2. The van der Waals surface area contributed by atoms with Crippen LogP contribution in [-0.4, -0.2) is 61.2 Å². The number of hydrogen-bond donors (Lipinski definition) is 2. The van der Waals surface area contributed by atoms with Crippen molar-refractivity contribution in [1.82, 2.24) is 15.1 Å². The van der Waals surface area contributed by atoms with Crippen molar-refractivity contribution in [2.75, 3.05) is 46.3 Å². The Hall–Kier alpha value is -1.24. The Labute approximate surface area is 124 Å². The molecule has 0 unspecified atom stereocenters.